The maximum absolute atomic E-state index is 5.64. The van der Waals surface area contributed by atoms with Crippen molar-refractivity contribution >= 4 is 6.08 Å². The molecule has 0 aromatic heterocycles. The molecule has 2 heterocycles. The van der Waals surface area contributed by atoms with Crippen molar-refractivity contribution < 1.29 is 18.9 Å². The van der Waals surface area contributed by atoms with Gasteiger partial charge in [0.15, 0.2) is 11.5 Å². The third kappa shape index (κ3) is 2.64. The molecule has 0 amide bonds. The van der Waals surface area contributed by atoms with Crippen LogP contribution in [0.15, 0.2) is 48.4 Å². The van der Waals surface area contributed by atoms with Crippen LogP contribution < -0.4 is 9.47 Å². The van der Waals surface area contributed by atoms with Crippen LogP contribution >= 0.6 is 0 Å². The Hall–Kier alpha value is -2.36. The summed E-state index contributed by atoms with van der Waals surface area (Å²) in [5.74, 6) is 3.06. The number of fused-ring (bicyclic) bond motifs is 1. The molecule has 4 heteroatoms. The molecule has 2 aliphatic heterocycles. The topological polar surface area (TPSA) is 36.9 Å². The van der Waals surface area contributed by atoms with E-state index in [9.17, 15) is 0 Å². The summed E-state index contributed by atoms with van der Waals surface area (Å²) in [5, 5.41) is 0. The molecule has 1 aromatic carbocycles. The van der Waals surface area contributed by atoms with Crippen molar-refractivity contribution in [3.63, 3.8) is 0 Å². The zero-order valence-electron chi connectivity index (χ0n) is 11.3. The third-order valence-corrected chi connectivity index (χ3v) is 3.19. The van der Waals surface area contributed by atoms with Gasteiger partial charge in [0.05, 0.1) is 7.11 Å². The molecular weight excluding hydrogens is 256 g/mol. The van der Waals surface area contributed by atoms with Crippen molar-refractivity contribution in [2.24, 2.45) is 0 Å². The first-order valence-electron chi connectivity index (χ1n) is 6.42. The molecule has 0 unspecified atom stereocenters. The lowest BCUT2D eigenvalue weighted by molar-refractivity contribution is 0.126. The first kappa shape index (κ1) is 12.7. The van der Waals surface area contributed by atoms with Gasteiger partial charge in [-0.25, -0.2) is 0 Å². The summed E-state index contributed by atoms with van der Waals surface area (Å²) in [5.41, 5.74) is 1.04. The monoisotopic (exact) mass is 272 g/mol. The highest BCUT2D eigenvalue weighted by Crippen LogP contribution is 2.33. The van der Waals surface area contributed by atoms with Gasteiger partial charge in [-0.05, 0) is 23.8 Å². The zero-order chi connectivity index (χ0) is 13.9. The number of ether oxygens (including phenoxy) is 4. The van der Waals surface area contributed by atoms with Crippen LogP contribution in [0.25, 0.3) is 6.08 Å². The van der Waals surface area contributed by atoms with Crippen LogP contribution in [0.2, 0.25) is 0 Å². The molecule has 0 saturated heterocycles. The number of allylic oxidation sites excluding steroid dienone is 1. The SMILES string of the molecule is C=C1C=C(OC)C[C@H](/C=C/c2ccc3c(c2)OCO3)O1. The molecule has 2 aliphatic rings. The Morgan fingerprint density at radius 2 is 2.15 bits per heavy atom. The van der Waals surface area contributed by atoms with E-state index in [0.717, 1.165) is 22.8 Å². The van der Waals surface area contributed by atoms with Crippen molar-refractivity contribution in [3.8, 4) is 11.5 Å². The van der Waals surface area contributed by atoms with Gasteiger partial charge in [0.1, 0.15) is 17.6 Å². The lowest BCUT2D eigenvalue weighted by Crippen LogP contribution is -2.15. The Labute approximate surface area is 117 Å². The maximum Gasteiger partial charge on any atom is 0.231 e. The summed E-state index contributed by atoms with van der Waals surface area (Å²) in [6.07, 6.45) is 6.45. The third-order valence-electron chi connectivity index (χ3n) is 3.19. The lowest BCUT2D eigenvalue weighted by Gasteiger charge is -2.22. The van der Waals surface area contributed by atoms with Crippen LogP contribution in [0.5, 0.6) is 11.5 Å². The second-order valence-electron chi connectivity index (χ2n) is 4.61. The minimum absolute atomic E-state index is 0.0622. The Bertz CT molecular complexity index is 586. The summed E-state index contributed by atoms with van der Waals surface area (Å²) >= 11 is 0. The molecule has 1 atom stereocenters. The Morgan fingerprint density at radius 1 is 1.30 bits per heavy atom. The van der Waals surface area contributed by atoms with E-state index in [1.54, 1.807) is 7.11 Å². The van der Waals surface area contributed by atoms with E-state index in [-0.39, 0.29) is 12.9 Å². The normalized spacial score (nSPS) is 20.8. The predicted octanol–water partition coefficient (Wildman–Crippen LogP) is 3.26. The molecule has 0 N–H and O–H groups in total. The largest absolute Gasteiger partial charge is 0.501 e. The summed E-state index contributed by atoms with van der Waals surface area (Å²) in [7, 11) is 1.66. The highest BCUT2D eigenvalue weighted by Gasteiger charge is 2.17. The van der Waals surface area contributed by atoms with Gasteiger partial charge in [-0.15, -0.1) is 0 Å². The van der Waals surface area contributed by atoms with Crippen molar-refractivity contribution in [1.82, 2.24) is 0 Å². The average molecular weight is 272 g/mol. The second-order valence-corrected chi connectivity index (χ2v) is 4.61. The van der Waals surface area contributed by atoms with Crippen molar-refractivity contribution in [1.29, 1.82) is 0 Å². The number of hydrogen-bond acceptors (Lipinski definition) is 4. The molecule has 0 radical (unpaired) electrons. The summed E-state index contributed by atoms with van der Waals surface area (Å²) in [6.45, 7) is 4.10. The van der Waals surface area contributed by atoms with E-state index in [1.807, 2.05) is 36.4 Å². The van der Waals surface area contributed by atoms with Crippen LogP contribution in [0, 0.1) is 0 Å². The standard InChI is InChI=1S/C16H16O4/c1-11-7-14(17-2)9-13(20-11)5-3-12-4-6-15-16(8-12)19-10-18-15/h3-8,13H,1,9-10H2,2H3/b5-3+/t13-/m0/s1. The van der Waals surface area contributed by atoms with Crippen LogP contribution in [-0.4, -0.2) is 20.0 Å². The van der Waals surface area contributed by atoms with Crippen molar-refractivity contribution in [2.45, 2.75) is 12.5 Å². The van der Waals surface area contributed by atoms with Gasteiger partial charge in [0, 0.05) is 12.5 Å². The van der Waals surface area contributed by atoms with Gasteiger partial charge in [0.2, 0.25) is 6.79 Å². The first-order valence-corrected chi connectivity index (χ1v) is 6.42. The lowest BCUT2D eigenvalue weighted by atomic mass is 10.1. The Kier molecular flexibility index (Phi) is 3.37. The molecular formula is C16H16O4. The highest BCUT2D eigenvalue weighted by atomic mass is 16.7. The molecule has 0 aliphatic carbocycles. The predicted molar refractivity (Wildman–Crippen MR) is 75.3 cm³/mol. The molecule has 1 aromatic rings. The molecule has 0 spiro atoms. The van der Waals surface area contributed by atoms with E-state index in [0.29, 0.717) is 12.2 Å². The summed E-state index contributed by atoms with van der Waals surface area (Å²) < 4.78 is 21.5. The minimum Gasteiger partial charge on any atom is -0.501 e. The first-order chi connectivity index (χ1) is 9.74. The van der Waals surface area contributed by atoms with Gasteiger partial charge in [-0.1, -0.05) is 18.7 Å². The van der Waals surface area contributed by atoms with Crippen LogP contribution in [0.4, 0.5) is 0 Å². The summed E-state index contributed by atoms with van der Waals surface area (Å²) in [6, 6.07) is 5.83. The van der Waals surface area contributed by atoms with Crippen LogP contribution in [0.1, 0.15) is 12.0 Å². The Balaban J connectivity index is 1.71. The molecule has 0 saturated carbocycles. The van der Waals surface area contributed by atoms with E-state index in [4.69, 9.17) is 18.9 Å². The van der Waals surface area contributed by atoms with E-state index in [1.165, 1.54) is 0 Å². The second kappa shape index (κ2) is 5.33. The number of benzene rings is 1. The fraction of sp³-hybridized carbons (Fsp3) is 0.250. The molecule has 104 valence electrons. The quantitative estimate of drug-likeness (QED) is 0.846. The fourth-order valence-electron chi connectivity index (χ4n) is 2.19. The van der Waals surface area contributed by atoms with Crippen LogP contribution in [-0.2, 0) is 9.47 Å². The van der Waals surface area contributed by atoms with Gasteiger partial charge >= 0.3 is 0 Å². The molecule has 0 bridgehead atoms. The molecule has 4 nitrogen and oxygen atoms in total. The number of hydrogen-bond donors (Lipinski definition) is 0. The van der Waals surface area contributed by atoms with Gasteiger partial charge in [0.25, 0.3) is 0 Å². The minimum atomic E-state index is -0.0622. The highest BCUT2D eigenvalue weighted by molar-refractivity contribution is 5.57. The van der Waals surface area contributed by atoms with Crippen molar-refractivity contribution in [3.05, 3.63) is 54.0 Å². The van der Waals surface area contributed by atoms with E-state index >= 15 is 0 Å². The molecule has 0 fully saturated rings. The molecule has 20 heavy (non-hydrogen) atoms. The summed E-state index contributed by atoms with van der Waals surface area (Å²) in [4.78, 5) is 0. The van der Waals surface area contributed by atoms with Gasteiger partial charge in [-0.2, -0.15) is 0 Å². The Morgan fingerprint density at radius 3 is 3.00 bits per heavy atom. The van der Waals surface area contributed by atoms with Crippen molar-refractivity contribution in [2.75, 3.05) is 13.9 Å². The van der Waals surface area contributed by atoms with Gasteiger partial charge < -0.3 is 18.9 Å². The smallest absolute Gasteiger partial charge is 0.231 e. The van der Waals surface area contributed by atoms with Crippen LogP contribution in [0.3, 0.4) is 0 Å². The number of rotatable bonds is 3. The van der Waals surface area contributed by atoms with E-state index < -0.39 is 0 Å². The number of methoxy groups -OCH3 is 1. The average Bonchev–Trinajstić information content (AvgIpc) is 2.92. The zero-order valence-corrected chi connectivity index (χ0v) is 11.3. The molecule has 3 rings (SSSR count). The fourth-order valence-corrected chi connectivity index (χ4v) is 2.19. The van der Waals surface area contributed by atoms with E-state index in [2.05, 4.69) is 6.58 Å². The van der Waals surface area contributed by atoms with Gasteiger partial charge in [-0.3, -0.25) is 0 Å². The maximum atomic E-state index is 5.64.